The molecule has 3 aromatic rings. The van der Waals surface area contributed by atoms with Gasteiger partial charge in [0.1, 0.15) is 0 Å². The van der Waals surface area contributed by atoms with Gasteiger partial charge in [-0.3, -0.25) is 0 Å². The standard InChI is InChI=1S/C18H17F3N2.ClH/c1-12-17(15(11-22)18(19,20)21)14-9-5-6-10-16(14)23(12)13-7-3-2-4-8-13;/h2-10,15H,11,22H2,1H3;1H. The molecule has 0 bridgehead atoms. The van der Waals surface area contributed by atoms with Gasteiger partial charge in [0.25, 0.3) is 0 Å². The molecular weight excluding hydrogens is 337 g/mol. The Kier molecular flexibility index (Phi) is 5.26. The normalized spacial score (nSPS) is 12.9. The van der Waals surface area contributed by atoms with Crippen molar-refractivity contribution >= 4 is 23.3 Å². The van der Waals surface area contributed by atoms with E-state index in [1.165, 1.54) is 0 Å². The fourth-order valence-electron chi connectivity index (χ4n) is 3.16. The number of benzene rings is 2. The Hall–Kier alpha value is -1.98. The third-order valence-corrected chi connectivity index (χ3v) is 4.15. The van der Waals surface area contributed by atoms with Gasteiger partial charge in [-0.25, -0.2) is 0 Å². The summed E-state index contributed by atoms with van der Waals surface area (Å²) in [6, 6.07) is 16.5. The van der Waals surface area contributed by atoms with E-state index in [9.17, 15) is 13.2 Å². The van der Waals surface area contributed by atoms with Crippen molar-refractivity contribution in [1.82, 2.24) is 4.57 Å². The summed E-state index contributed by atoms with van der Waals surface area (Å²) in [7, 11) is 0. The van der Waals surface area contributed by atoms with Gasteiger partial charge in [0.15, 0.2) is 0 Å². The van der Waals surface area contributed by atoms with Crippen molar-refractivity contribution in [3.8, 4) is 5.69 Å². The summed E-state index contributed by atoms with van der Waals surface area (Å²) in [5, 5.41) is 0.599. The molecule has 6 heteroatoms. The van der Waals surface area contributed by atoms with Gasteiger partial charge in [-0.05, 0) is 30.7 Å². The smallest absolute Gasteiger partial charge is 0.330 e. The van der Waals surface area contributed by atoms with Crippen LogP contribution in [0.4, 0.5) is 13.2 Å². The largest absolute Gasteiger partial charge is 0.397 e. The maximum atomic E-state index is 13.4. The number of hydrogen-bond donors (Lipinski definition) is 1. The zero-order chi connectivity index (χ0) is 16.6. The molecule has 2 N–H and O–H groups in total. The third kappa shape index (κ3) is 3.01. The van der Waals surface area contributed by atoms with Gasteiger partial charge in [-0.2, -0.15) is 13.2 Å². The minimum atomic E-state index is -4.37. The third-order valence-electron chi connectivity index (χ3n) is 4.15. The van der Waals surface area contributed by atoms with Gasteiger partial charge in [-0.1, -0.05) is 36.4 Å². The van der Waals surface area contributed by atoms with Gasteiger partial charge in [0.05, 0.1) is 11.4 Å². The Balaban J connectivity index is 0.00000208. The number of halogens is 4. The number of nitrogens with two attached hydrogens (primary N) is 1. The fourth-order valence-corrected chi connectivity index (χ4v) is 3.16. The van der Waals surface area contributed by atoms with E-state index in [1.54, 1.807) is 19.1 Å². The molecule has 0 saturated heterocycles. The predicted octanol–water partition coefficient (Wildman–Crippen LogP) is 4.97. The molecule has 1 unspecified atom stereocenters. The molecule has 0 aliphatic heterocycles. The number of nitrogens with zero attached hydrogens (tertiary/aromatic N) is 1. The van der Waals surface area contributed by atoms with E-state index < -0.39 is 18.6 Å². The summed E-state index contributed by atoms with van der Waals surface area (Å²) < 4.78 is 42.2. The van der Waals surface area contributed by atoms with Crippen LogP contribution in [0.5, 0.6) is 0 Å². The summed E-state index contributed by atoms with van der Waals surface area (Å²) in [5.74, 6) is -1.67. The molecule has 24 heavy (non-hydrogen) atoms. The van der Waals surface area contributed by atoms with Crippen molar-refractivity contribution in [3.05, 3.63) is 65.9 Å². The van der Waals surface area contributed by atoms with Gasteiger partial charge in [-0.15, -0.1) is 12.4 Å². The Labute approximate surface area is 144 Å². The van der Waals surface area contributed by atoms with E-state index in [0.29, 0.717) is 11.1 Å². The van der Waals surface area contributed by atoms with Gasteiger partial charge in [0, 0.05) is 23.3 Å². The molecule has 128 valence electrons. The van der Waals surface area contributed by atoms with E-state index in [-0.39, 0.29) is 18.0 Å². The molecule has 0 amide bonds. The fraction of sp³-hybridized carbons (Fsp3) is 0.222. The van der Waals surface area contributed by atoms with E-state index in [1.807, 2.05) is 47.0 Å². The molecule has 0 spiro atoms. The van der Waals surface area contributed by atoms with Crippen molar-refractivity contribution in [2.75, 3.05) is 6.54 Å². The van der Waals surface area contributed by atoms with E-state index >= 15 is 0 Å². The summed E-state index contributed by atoms with van der Waals surface area (Å²) >= 11 is 0. The second-order valence-corrected chi connectivity index (χ2v) is 5.52. The maximum absolute atomic E-state index is 13.4. The van der Waals surface area contributed by atoms with E-state index in [4.69, 9.17) is 5.73 Å². The minimum Gasteiger partial charge on any atom is -0.330 e. The topological polar surface area (TPSA) is 30.9 Å². The Morgan fingerprint density at radius 2 is 1.58 bits per heavy atom. The number of alkyl halides is 3. The molecule has 2 nitrogen and oxygen atoms in total. The van der Waals surface area contributed by atoms with Crippen molar-refractivity contribution in [1.29, 1.82) is 0 Å². The molecule has 2 aromatic carbocycles. The summed E-state index contributed by atoms with van der Waals surface area (Å²) in [5.41, 5.74) is 7.90. The van der Waals surface area contributed by atoms with Gasteiger partial charge in [0.2, 0.25) is 0 Å². The lowest BCUT2D eigenvalue weighted by Crippen LogP contribution is -2.28. The van der Waals surface area contributed by atoms with Gasteiger partial charge >= 0.3 is 6.18 Å². The lowest BCUT2D eigenvalue weighted by Gasteiger charge is -2.19. The molecule has 0 saturated carbocycles. The van der Waals surface area contributed by atoms with Gasteiger partial charge < -0.3 is 10.3 Å². The molecule has 3 rings (SSSR count). The molecule has 1 heterocycles. The van der Waals surface area contributed by atoms with Crippen LogP contribution < -0.4 is 5.73 Å². The maximum Gasteiger partial charge on any atom is 0.397 e. The first-order valence-corrected chi connectivity index (χ1v) is 7.37. The first-order valence-electron chi connectivity index (χ1n) is 7.37. The lowest BCUT2D eigenvalue weighted by molar-refractivity contribution is -0.147. The Morgan fingerprint density at radius 1 is 1.00 bits per heavy atom. The average Bonchev–Trinajstić information content (AvgIpc) is 2.80. The van der Waals surface area contributed by atoms with Crippen LogP contribution >= 0.6 is 12.4 Å². The van der Waals surface area contributed by atoms with Crippen LogP contribution in [0, 0.1) is 6.92 Å². The van der Waals surface area contributed by atoms with Crippen molar-refractivity contribution < 1.29 is 13.2 Å². The summed E-state index contributed by atoms with van der Waals surface area (Å²) in [6.45, 7) is 1.25. The number of rotatable bonds is 3. The Bertz CT molecular complexity index is 825. The van der Waals surface area contributed by atoms with Crippen molar-refractivity contribution in [2.45, 2.75) is 19.0 Å². The summed E-state index contributed by atoms with van der Waals surface area (Å²) in [6.07, 6.45) is -4.37. The minimum absolute atomic E-state index is 0. The lowest BCUT2D eigenvalue weighted by atomic mass is 9.95. The van der Waals surface area contributed by atoms with Crippen LogP contribution in [0.25, 0.3) is 16.6 Å². The quantitative estimate of drug-likeness (QED) is 0.707. The second kappa shape index (κ2) is 6.87. The first-order chi connectivity index (χ1) is 10.9. The Morgan fingerprint density at radius 3 is 2.17 bits per heavy atom. The highest BCUT2D eigenvalue weighted by Gasteiger charge is 2.42. The van der Waals surface area contributed by atoms with Crippen LogP contribution in [-0.2, 0) is 0 Å². The highest BCUT2D eigenvalue weighted by Crippen LogP contribution is 2.41. The molecule has 0 aliphatic carbocycles. The summed E-state index contributed by atoms with van der Waals surface area (Å²) in [4.78, 5) is 0. The highest BCUT2D eigenvalue weighted by atomic mass is 35.5. The first kappa shape index (κ1) is 18.4. The molecule has 0 radical (unpaired) electrons. The average molecular weight is 355 g/mol. The molecule has 0 fully saturated rings. The molecule has 0 aliphatic rings. The predicted molar refractivity (Wildman–Crippen MR) is 93.1 cm³/mol. The monoisotopic (exact) mass is 354 g/mol. The van der Waals surface area contributed by atoms with E-state index in [2.05, 4.69) is 0 Å². The second-order valence-electron chi connectivity index (χ2n) is 5.52. The van der Waals surface area contributed by atoms with Crippen LogP contribution in [0.3, 0.4) is 0 Å². The van der Waals surface area contributed by atoms with Crippen molar-refractivity contribution in [3.63, 3.8) is 0 Å². The SMILES string of the molecule is Cc1c(C(CN)C(F)(F)F)c2ccccc2n1-c1ccccc1.Cl. The van der Waals surface area contributed by atoms with E-state index in [0.717, 1.165) is 11.2 Å². The zero-order valence-corrected chi connectivity index (χ0v) is 13.9. The highest BCUT2D eigenvalue weighted by molar-refractivity contribution is 5.88. The van der Waals surface area contributed by atoms with Crippen LogP contribution in [0.1, 0.15) is 17.2 Å². The number of para-hydroxylation sites is 2. The van der Waals surface area contributed by atoms with Crippen LogP contribution in [-0.4, -0.2) is 17.3 Å². The molecule has 1 atom stereocenters. The number of hydrogen-bond acceptors (Lipinski definition) is 1. The zero-order valence-electron chi connectivity index (χ0n) is 13.0. The number of fused-ring (bicyclic) bond motifs is 1. The number of aromatic nitrogens is 1. The van der Waals surface area contributed by atoms with Crippen LogP contribution in [0.15, 0.2) is 54.6 Å². The van der Waals surface area contributed by atoms with Crippen LogP contribution in [0.2, 0.25) is 0 Å². The van der Waals surface area contributed by atoms with Crippen molar-refractivity contribution in [2.24, 2.45) is 5.73 Å². The molecular formula is C18H18ClF3N2. The molecule has 1 aromatic heterocycles.